The molecule has 1 aliphatic carbocycles. The highest BCUT2D eigenvalue weighted by atomic mass is 16.3. The van der Waals surface area contributed by atoms with Crippen LogP contribution in [0.15, 0.2) is 0 Å². The van der Waals surface area contributed by atoms with Crippen LogP contribution in [0.3, 0.4) is 0 Å². The van der Waals surface area contributed by atoms with Crippen molar-refractivity contribution in [2.45, 2.75) is 51.0 Å². The fourth-order valence-corrected chi connectivity index (χ4v) is 2.84. The van der Waals surface area contributed by atoms with E-state index in [-0.39, 0.29) is 6.04 Å². The van der Waals surface area contributed by atoms with Crippen molar-refractivity contribution in [1.29, 1.82) is 0 Å². The standard InChI is InChI=1S/C10H19NO2/c1-6(2)11-4-3-7-5-8(11)10(13)9(7)12/h6-10,12-13H,3-5H2,1-2H3/t7-,8+,9?,10?/m1/s1. The number of hydrogen-bond acceptors (Lipinski definition) is 3. The molecule has 2 N–H and O–H groups in total. The summed E-state index contributed by atoms with van der Waals surface area (Å²) in [5, 5.41) is 19.5. The number of fused-ring (bicyclic) bond motifs is 2. The molecule has 3 heteroatoms. The lowest BCUT2D eigenvalue weighted by Crippen LogP contribution is -2.47. The third-order valence-corrected chi connectivity index (χ3v) is 3.62. The zero-order chi connectivity index (χ0) is 9.59. The normalized spacial score (nSPS) is 45.9. The number of piperidine rings is 1. The number of rotatable bonds is 1. The van der Waals surface area contributed by atoms with E-state index in [2.05, 4.69) is 18.7 Å². The van der Waals surface area contributed by atoms with Gasteiger partial charge < -0.3 is 10.2 Å². The van der Waals surface area contributed by atoms with E-state index in [1.807, 2.05) is 0 Å². The predicted molar refractivity (Wildman–Crippen MR) is 50.4 cm³/mol. The summed E-state index contributed by atoms with van der Waals surface area (Å²) in [6, 6.07) is 0.680. The first-order valence-corrected chi connectivity index (χ1v) is 5.23. The number of nitrogens with zero attached hydrogens (tertiary/aromatic N) is 1. The highest BCUT2D eigenvalue weighted by Gasteiger charge is 2.47. The molecule has 1 aliphatic heterocycles. The third kappa shape index (κ3) is 1.39. The molecule has 1 saturated heterocycles. The highest BCUT2D eigenvalue weighted by molar-refractivity contribution is 5.00. The first kappa shape index (κ1) is 9.44. The Balaban J connectivity index is 2.13. The van der Waals surface area contributed by atoms with Crippen molar-refractivity contribution in [2.75, 3.05) is 6.54 Å². The van der Waals surface area contributed by atoms with Crippen LogP contribution in [0.1, 0.15) is 26.7 Å². The summed E-state index contributed by atoms with van der Waals surface area (Å²) in [5.41, 5.74) is 0. The van der Waals surface area contributed by atoms with Crippen LogP contribution in [-0.2, 0) is 0 Å². The van der Waals surface area contributed by atoms with Crippen LogP contribution in [0.2, 0.25) is 0 Å². The summed E-state index contributed by atoms with van der Waals surface area (Å²) in [6.45, 7) is 5.33. The average molecular weight is 185 g/mol. The Morgan fingerprint density at radius 1 is 1.23 bits per heavy atom. The van der Waals surface area contributed by atoms with Crippen molar-refractivity contribution in [2.24, 2.45) is 5.92 Å². The molecular formula is C10H19NO2. The maximum Gasteiger partial charge on any atom is 0.0956 e. The number of aliphatic hydroxyl groups excluding tert-OH is 2. The molecule has 2 bridgehead atoms. The molecule has 2 fully saturated rings. The molecule has 0 aromatic rings. The van der Waals surface area contributed by atoms with Gasteiger partial charge in [-0.1, -0.05) is 0 Å². The van der Waals surface area contributed by atoms with E-state index in [0.717, 1.165) is 19.4 Å². The van der Waals surface area contributed by atoms with Gasteiger partial charge in [-0.25, -0.2) is 0 Å². The largest absolute Gasteiger partial charge is 0.390 e. The molecular weight excluding hydrogens is 166 g/mol. The highest BCUT2D eigenvalue weighted by Crippen LogP contribution is 2.37. The SMILES string of the molecule is CC(C)N1CC[C@@H]2C[C@H]1C(O)C2O. The van der Waals surface area contributed by atoms with E-state index >= 15 is 0 Å². The van der Waals surface area contributed by atoms with Gasteiger partial charge in [0, 0.05) is 12.1 Å². The van der Waals surface area contributed by atoms with Gasteiger partial charge in [-0.3, -0.25) is 4.90 Å². The lowest BCUT2D eigenvalue weighted by Gasteiger charge is -2.36. The van der Waals surface area contributed by atoms with Gasteiger partial charge in [0.05, 0.1) is 12.2 Å². The van der Waals surface area contributed by atoms with Crippen LogP contribution in [-0.4, -0.2) is 45.9 Å². The number of likely N-dealkylation sites (tertiary alicyclic amines) is 1. The van der Waals surface area contributed by atoms with Gasteiger partial charge >= 0.3 is 0 Å². The van der Waals surface area contributed by atoms with E-state index < -0.39 is 12.2 Å². The van der Waals surface area contributed by atoms with E-state index in [1.165, 1.54) is 0 Å². The molecule has 0 aromatic heterocycles. The van der Waals surface area contributed by atoms with Gasteiger partial charge in [-0.05, 0) is 39.2 Å². The molecule has 2 aliphatic rings. The maximum absolute atomic E-state index is 9.80. The first-order chi connectivity index (χ1) is 6.11. The fraction of sp³-hybridized carbons (Fsp3) is 1.00. The summed E-state index contributed by atoms with van der Waals surface area (Å²) < 4.78 is 0. The van der Waals surface area contributed by atoms with E-state index in [4.69, 9.17) is 0 Å². The summed E-state index contributed by atoms with van der Waals surface area (Å²) >= 11 is 0. The molecule has 2 unspecified atom stereocenters. The van der Waals surface area contributed by atoms with Crippen molar-refractivity contribution in [3.63, 3.8) is 0 Å². The number of hydrogen-bond donors (Lipinski definition) is 2. The Morgan fingerprint density at radius 2 is 1.92 bits per heavy atom. The van der Waals surface area contributed by atoms with Crippen LogP contribution >= 0.6 is 0 Å². The van der Waals surface area contributed by atoms with E-state index in [0.29, 0.717) is 12.0 Å². The molecule has 1 heterocycles. The van der Waals surface area contributed by atoms with Gasteiger partial charge in [0.2, 0.25) is 0 Å². The van der Waals surface area contributed by atoms with Gasteiger partial charge in [0.1, 0.15) is 0 Å². The Hall–Kier alpha value is -0.120. The molecule has 4 atom stereocenters. The molecule has 3 nitrogen and oxygen atoms in total. The Bertz CT molecular complexity index is 195. The van der Waals surface area contributed by atoms with E-state index in [9.17, 15) is 10.2 Å². The monoisotopic (exact) mass is 185 g/mol. The second-order valence-electron chi connectivity index (χ2n) is 4.66. The third-order valence-electron chi connectivity index (χ3n) is 3.62. The smallest absolute Gasteiger partial charge is 0.0956 e. The molecule has 2 rings (SSSR count). The minimum Gasteiger partial charge on any atom is -0.390 e. The van der Waals surface area contributed by atoms with Crippen molar-refractivity contribution in [1.82, 2.24) is 4.90 Å². The van der Waals surface area contributed by atoms with Gasteiger partial charge in [-0.2, -0.15) is 0 Å². The second kappa shape index (κ2) is 3.23. The summed E-state index contributed by atoms with van der Waals surface area (Å²) in [5.74, 6) is 0.343. The van der Waals surface area contributed by atoms with Crippen molar-refractivity contribution < 1.29 is 10.2 Å². The minimum atomic E-state index is -0.519. The van der Waals surface area contributed by atoms with Crippen molar-refractivity contribution >= 4 is 0 Å². The summed E-state index contributed by atoms with van der Waals surface area (Å²) in [4.78, 5) is 2.32. The molecule has 0 aromatic carbocycles. The molecule has 0 radical (unpaired) electrons. The average Bonchev–Trinajstić information content (AvgIpc) is 2.32. The Morgan fingerprint density at radius 3 is 2.54 bits per heavy atom. The van der Waals surface area contributed by atoms with Crippen LogP contribution in [0.25, 0.3) is 0 Å². The maximum atomic E-state index is 9.80. The predicted octanol–water partition coefficient (Wildman–Crippen LogP) is 0.211. The van der Waals surface area contributed by atoms with E-state index in [1.54, 1.807) is 0 Å². The van der Waals surface area contributed by atoms with Crippen molar-refractivity contribution in [3.05, 3.63) is 0 Å². The topological polar surface area (TPSA) is 43.7 Å². The first-order valence-electron chi connectivity index (χ1n) is 5.23. The van der Waals surface area contributed by atoms with Gasteiger partial charge in [0.25, 0.3) is 0 Å². The fourth-order valence-electron chi connectivity index (χ4n) is 2.84. The van der Waals surface area contributed by atoms with Gasteiger partial charge in [0.15, 0.2) is 0 Å². The summed E-state index contributed by atoms with van der Waals surface area (Å²) in [7, 11) is 0. The van der Waals surface area contributed by atoms with Crippen molar-refractivity contribution in [3.8, 4) is 0 Å². The molecule has 0 spiro atoms. The lowest BCUT2D eigenvalue weighted by atomic mass is 9.97. The molecule has 0 amide bonds. The van der Waals surface area contributed by atoms with Crippen LogP contribution in [0.4, 0.5) is 0 Å². The van der Waals surface area contributed by atoms with Gasteiger partial charge in [-0.15, -0.1) is 0 Å². The zero-order valence-corrected chi connectivity index (χ0v) is 8.35. The second-order valence-corrected chi connectivity index (χ2v) is 4.66. The Labute approximate surface area is 79.4 Å². The minimum absolute atomic E-state index is 0.203. The lowest BCUT2D eigenvalue weighted by molar-refractivity contribution is -0.00215. The Kier molecular flexibility index (Phi) is 2.34. The molecule has 1 saturated carbocycles. The molecule has 13 heavy (non-hydrogen) atoms. The van der Waals surface area contributed by atoms with Crippen LogP contribution < -0.4 is 0 Å². The molecule has 76 valence electrons. The van der Waals surface area contributed by atoms with Crippen LogP contribution in [0.5, 0.6) is 0 Å². The quantitative estimate of drug-likeness (QED) is 0.614. The van der Waals surface area contributed by atoms with Crippen LogP contribution in [0, 0.1) is 5.92 Å². The zero-order valence-electron chi connectivity index (χ0n) is 8.35. The summed E-state index contributed by atoms with van der Waals surface area (Å²) in [6.07, 6.45) is 1.01. The number of aliphatic hydroxyl groups is 2.